The number of aliphatic carboxylic acids is 1. The van der Waals surface area contributed by atoms with E-state index in [1.54, 1.807) is 26.0 Å². The third-order valence-corrected chi connectivity index (χ3v) is 5.37. The van der Waals surface area contributed by atoms with Crippen molar-refractivity contribution in [3.05, 3.63) is 21.3 Å². The molecule has 0 aromatic carbocycles. The summed E-state index contributed by atoms with van der Waals surface area (Å²) in [6.45, 7) is 3.52. The summed E-state index contributed by atoms with van der Waals surface area (Å²) in [5.74, 6) is -0.892. The Morgan fingerprint density at radius 2 is 2.19 bits per heavy atom. The van der Waals surface area contributed by atoms with E-state index in [1.165, 1.54) is 11.3 Å². The Morgan fingerprint density at radius 3 is 2.56 bits per heavy atom. The number of carboxylic acid groups (broad SMARTS) is 1. The minimum absolute atomic E-state index is 0.145. The smallest absolute Gasteiger partial charge is 0.319 e. The molecule has 0 amide bonds. The molecule has 90 valence electrons. The van der Waals surface area contributed by atoms with Gasteiger partial charge in [-0.1, -0.05) is 25.4 Å². The van der Waals surface area contributed by atoms with E-state index in [4.69, 9.17) is 16.7 Å². The van der Waals surface area contributed by atoms with Crippen LogP contribution in [0.5, 0.6) is 0 Å². The fourth-order valence-corrected chi connectivity index (χ4v) is 4.22. The third-order valence-electron chi connectivity index (χ3n) is 2.05. The molecule has 0 saturated carbocycles. The molecule has 0 aliphatic carbocycles. The largest absolute Gasteiger partial charge is 0.480 e. The molecule has 1 aromatic heterocycles. The molecule has 2 atom stereocenters. The summed E-state index contributed by atoms with van der Waals surface area (Å²) in [5, 5.41) is 8.16. The SMILES string of the molecule is CC(C)C(C(=O)O)S(=O)Cc1ccc(Cl)s1. The maximum absolute atomic E-state index is 11.9. The second kappa shape index (κ2) is 5.80. The van der Waals surface area contributed by atoms with Crippen molar-refractivity contribution in [1.82, 2.24) is 0 Å². The first-order valence-corrected chi connectivity index (χ1v) is 7.33. The highest BCUT2D eigenvalue weighted by Crippen LogP contribution is 2.24. The minimum atomic E-state index is -1.40. The molecule has 2 unspecified atom stereocenters. The number of halogens is 1. The van der Waals surface area contributed by atoms with Crippen LogP contribution in [-0.2, 0) is 21.3 Å². The fraction of sp³-hybridized carbons (Fsp3) is 0.500. The van der Waals surface area contributed by atoms with E-state index < -0.39 is 22.0 Å². The monoisotopic (exact) mass is 280 g/mol. The van der Waals surface area contributed by atoms with Crippen molar-refractivity contribution in [3.8, 4) is 0 Å². The molecule has 1 heterocycles. The van der Waals surface area contributed by atoms with Gasteiger partial charge in [-0.25, -0.2) is 0 Å². The Morgan fingerprint density at radius 1 is 1.56 bits per heavy atom. The van der Waals surface area contributed by atoms with Crippen molar-refractivity contribution in [1.29, 1.82) is 0 Å². The Labute approximate surface area is 106 Å². The van der Waals surface area contributed by atoms with Gasteiger partial charge in [0.25, 0.3) is 0 Å². The lowest BCUT2D eigenvalue weighted by molar-refractivity contribution is -0.137. The molecule has 1 N–H and O–H groups in total. The van der Waals surface area contributed by atoms with Gasteiger partial charge >= 0.3 is 5.97 Å². The molecule has 0 spiro atoms. The van der Waals surface area contributed by atoms with Gasteiger partial charge in [-0.3, -0.25) is 9.00 Å². The van der Waals surface area contributed by atoms with Crippen LogP contribution in [0.1, 0.15) is 18.7 Å². The summed E-state index contributed by atoms with van der Waals surface area (Å²) < 4.78 is 12.5. The summed E-state index contributed by atoms with van der Waals surface area (Å²) in [5.41, 5.74) is 0. The second-order valence-corrected chi connectivity index (χ2v) is 7.09. The highest BCUT2D eigenvalue weighted by Gasteiger charge is 2.28. The molecule has 0 saturated heterocycles. The van der Waals surface area contributed by atoms with Gasteiger partial charge < -0.3 is 5.11 Å². The van der Waals surface area contributed by atoms with Crippen LogP contribution >= 0.6 is 22.9 Å². The van der Waals surface area contributed by atoms with Crippen molar-refractivity contribution in [2.24, 2.45) is 5.92 Å². The summed E-state index contributed by atoms with van der Waals surface area (Å²) in [6.07, 6.45) is 0. The zero-order valence-corrected chi connectivity index (χ0v) is 11.4. The van der Waals surface area contributed by atoms with Crippen LogP contribution in [-0.4, -0.2) is 20.5 Å². The minimum Gasteiger partial charge on any atom is -0.480 e. The second-order valence-electron chi connectivity index (χ2n) is 3.73. The molecule has 0 bridgehead atoms. The quantitative estimate of drug-likeness (QED) is 0.902. The predicted octanol–water partition coefficient (Wildman–Crippen LogP) is 2.76. The number of rotatable bonds is 5. The van der Waals surface area contributed by atoms with E-state index in [2.05, 4.69) is 0 Å². The van der Waals surface area contributed by atoms with Crippen molar-refractivity contribution >= 4 is 39.7 Å². The Balaban J connectivity index is 2.73. The Hall–Kier alpha value is -0.390. The van der Waals surface area contributed by atoms with Gasteiger partial charge in [-0.2, -0.15) is 0 Å². The molecule has 0 fully saturated rings. The molecule has 0 aliphatic heterocycles. The first-order chi connectivity index (χ1) is 7.41. The number of carboxylic acids is 1. The van der Waals surface area contributed by atoms with Gasteiger partial charge in [0.1, 0.15) is 5.25 Å². The van der Waals surface area contributed by atoms with E-state index in [-0.39, 0.29) is 11.7 Å². The van der Waals surface area contributed by atoms with E-state index in [9.17, 15) is 9.00 Å². The summed E-state index contributed by atoms with van der Waals surface area (Å²) >= 11 is 7.09. The normalized spacial score (nSPS) is 15.0. The van der Waals surface area contributed by atoms with Gasteiger partial charge in [0.2, 0.25) is 0 Å². The van der Waals surface area contributed by atoms with Gasteiger partial charge in [-0.05, 0) is 18.1 Å². The molecule has 0 radical (unpaired) electrons. The van der Waals surface area contributed by atoms with E-state index in [0.29, 0.717) is 4.34 Å². The Bertz CT molecular complexity index is 401. The highest BCUT2D eigenvalue weighted by molar-refractivity contribution is 7.85. The number of thiophene rings is 1. The first-order valence-electron chi connectivity index (χ1n) is 4.76. The van der Waals surface area contributed by atoms with Gasteiger partial charge in [0.05, 0.1) is 10.1 Å². The van der Waals surface area contributed by atoms with Crippen molar-refractivity contribution in [2.45, 2.75) is 24.9 Å². The maximum Gasteiger partial charge on any atom is 0.319 e. The molecule has 0 aliphatic rings. The van der Waals surface area contributed by atoms with Gasteiger partial charge in [0.15, 0.2) is 0 Å². The van der Waals surface area contributed by atoms with E-state index in [0.717, 1.165) is 4.88 Å². The van der Waals surface area contributed by atoms with Crippen LogP contribution in [0.4, 0.5) is 0 Å². The lowest BCUT2D eigenvalue weighted by atomic mass is 10.1. The van der Waals surface area contributed by atoms with Crippen LogP contribution < -0.4 is 0 Å². The molecule has 6 heteroatoms. The van der Waals surface area contributed by atoms with E-state index >= 15 is 0 Å². The third kappa shape index (κ3) is 3.57. The zero-order chi connectivity index (χ0) is 12.3. The van der Waals surface area contributed by atoms with Crippen LogP contribution in [0, 0.1) is 5.92 Å². The lowest BCUT2D eigenvalue weighted by Crippen LogP contribution is -2.31. The molecule has 3 nitrogen and oxygen atoms in total. The van der Waals surface area contributed by atoms with Crippen LogP contribution in [0.2, 0.25) is 4.34 Å². The first kappa shape index (κ1) is 13.7. The maximum atomic E-state index is 11.9. The average molecular weight is 281 g/mol. The van der Waals surface area contributed by atoms with Gasteiger partial charge in [-0.15, -0.1) is 11.3 Å². The molecule has 1 aromatic rings. The topological polar surface area (TPSA) is 54.4 Å². The molecule has 16 heavy (non-hydrogen) atoms. The predicted molar refractivity (Wildman–Crippen MR) is 67.4 cm³/mol. The van der Waals surface area contributed by atoms with Crippen molar-refractivity contribution in [3.63, 3.8) is 0 Å². The number of carbonyl (C=O) groups is 1. The summed E-state index contributed by atoms with van der Waals surface area (Å²) in [7, 11) is -1.40. The highest BCUT2D eigenvalue weighted by atomic mass is 35.5. The number of hydrogen-bond donors (Lipinski definition) is 1. The Kier molecular flexibility index (Phi) is 4.95. The standard InChI is InChI=1S/C10H13ClO3S2/c1-6(2)9(10(12)13)16(14)5-7-3-4-8(11)15-7/h3-4,6,9H,5H2,1-2H3,(H,12,13). The van der Waals surface area contributed by atoms with Gasteiger partial charge in [0, 0.05) is 15.7 Å². The summed E-state index contributed by atoms with van der Waals surface area (Å²) in [6, 6.07) is 3.51. The van der Waals surface area contributed by atoms with Crippen molar-refractivity contribution in [2.75, 3.05) is 0 Å². The lowest BCUT2D eigenvalue weighted by Gasteiger charge is -2.14. The van der Waals surface area contributed by atoms with Crippen LogP contribution in [0.25, 0.3) is 0 Å². The summed E-state index contributed by atoms with van der Waals surface area (Å²) in [4.78, 5) is 11.8. The zero-order valence-electron chi connectivity index (χ0n) is 8.97. The molecular formula is C10H13ClO3S2. The fourth-order valence-electron chi connectivity index (χ4n) is 1.36. The van der Waals surface area contributed by atoms with Crippen LogP contribution in [0.3, 0.4) is 0 Å². The van der Waals surface area contributed by atoms with Crippen LogP contribution in [0.15, 0.2) is 12.1 Å². The number of hydrogen-bond acceptors (Lipinski definition) is 3. The molecule has 1 rings (SSSR count). The van der Waals surface area contributed by atoms with Crippen molar-refractivity contribution < 1.29 is 14.1 Å². The van der Waals surface area contributed by atoms with E-state index in [1.807, 2.05) is 0 Å². The average Bonchev–Trinajstić information content (AvgIpc) is 2.49. The molecular weight excluding hydrogens is 268 g/mol.